The van der Waals surface area contributed by atoms with Gasteiger partial charge in [0, 0.05) is 18.8 Å². The fourth-order valence-corrected chi connectivity index (χ4v) is 2.69. The van der Waals surface area contributed by atoms with Gasteiger partial charge in [-0.25, -0.2) is 0 Å². The Morgan fingerprint density at radius 1 is 0.957 bits per heavy atom. The van der Waals surface area contributed by atoms with Gasteiger partial charge in [-0.2, -0.15) is 0 Å². The second-order valence-corrected chi connectivity index (χ2v) is 5.62. The Labute approximate surface area is 142 Å². The number of rotatable bonds is 5. The molecule has 0 saturated carbocycles. The summed E-state index contributed by atoms with van der Waals surface area (Å²) in [6.07, 6.45) is 3.83. The third-order valence-electron chi connectivity index (χ3n) is 3.94. The molecule has 0 amide bonds. The number of aromatic nitrogens is 1. The molecule has 4 heteroatoms. The van der Waals surface area contributed by atoms with E-state index in [-0.39, 0.29) is 20.9 Å². The van der Waals surface area contributed by atoms with Gasteiger partial charge in [-0.3, -0.25) is 14.2 Å². The highest BCUT2D eigenvalue weighted by atomic mass is 16.4. The molecule has 0 bridgehead atoms. The van der Waals surface area contributed by atoms with Crippen LogP contribution in [0.25, 0.3) is 10.8 Å². The summed E-state index contributed by atoms with van der Waals surface area (Å²) in [5.41, 5.74) is 0.922. The Balaban J connectivity index is -0.000000521. The molecule has 1 aromatic heterocycles. The number of hydrogen-bond donors (Lipinski definition) is 1. The number of benzene rings is 2. The van der Waals surface area contributed by atoms with E-state index in [1.54, 1.807) is 12.4 Å². The molecule has 0 saturated heterocycles. The van der Waals surface area contributed by atoms with Crippen molar-refractivity contribution < 1.29 is 23.3 Å². The first-order valence-electron chi connectivity index (χ1n) is 7.50. The van der Waals surface area contributed by atoms with Crippen molar-refractivity contribution in [2.75, 3.05) is 0 Å². The number of fused-ring (bicyclic) bond motifs is 1. The standard InChI is InChI=1S/C19H17NO3/c21-18(20-12-15-8-4-5-9-16(15)13-20)11-17(19(22)23)10-14-6-2-1-3-7-14/h1-9,12-13,17H,10-11H2,(H,22,23)/p+6/t17-/m0/s1. The molecule has 0 unspecified atom stereocenters. The number of aliphatic carboxylic acids is 1. The van der Waals surface area contributed by atoms with E-state index in [0.717, 1.165) is 16.3 Å². The van der Waals surface area contributed by atoms with E-state index in [1.165, 1.54) is 4.57 Å². The molecule has 0 aliphatic rings. The van der Waals surface area contributed by atoms with Gasteiger partial charge in [-0.05, 0) is 22.8 Å². The molecule has 1 heterocycles. The molecule has 0 aliphatic carbocycles. The van der Waals surface area contributed by atoms with Crippen molar-refractivity contribution in [3.05, 3.63) is 72.6 Å². The lowest BCUT2D eigenvalue weighted by Gasteiger charge is -2.12. The van der Waals surface area contributed by atoms with E-state index in [2.05, 4.69) is 0 Å². The molecule has 0 fully saturated rings. The fraction of sp³-hybridized carbons (Fsp3) is 0.158. The first kappa shape index (κ1) is 15.0. The second-order valence-electron chi connectivity index (χ2n) is 5.62. The summed E-state index contributed by atoms with van der Waals surface area (Å²) >= 11 is 0. The van der Waals surface area contributed by atoms with Crippen molar-refractivity contribution in [1.29, 1.82) is 0 Å². The predicted molar refractivity (Wildman–Crippen MR) is 95.1 cm³/mol. The fourth-order valence-electron chi connectivity index (χ4n) is 2.69. The van der Waals surface area contributed by atoms with E-state index < -0.39 is 11.9 Å². The van der Waals surface area contributed by atoms with Crippen molar-refractivity contribution in [3.8, 4) is 0 Å². The van der Waals surface area contributed by atoms with Crippen LogP contribution in [0.1, 0.15) is 25.3 Å². The molecule has 3 rings (SSSR count). The van der Waals surface area contributed by atoms with Crippen LogP contribution < -0.4 is 0 Å². The molecule has 0 radical (unpaired) electrons. The summed E-state index contributed by atoms with van der Waals surface area (Å²) in [5.74, 6) is -1.88. The van der Waals surface area contributed by atoms with Crippen LogP contribution in [-0.2, 0) is 11.2 Å². The van der Waals surface area contributed by atoms with E-state index >= 15 is 0 Å². The average Bonchev–Trinajstić information content (AvgIpc) is 2.99. The van der Waals surface area contributed by atoms with Crippen molar-refractivity contribution >= 4 is 22.6 Å². The van der Waals surface area contributed by atoms with E-state index in [0.29, 0.717) is 6.42 Å². The Bertz CT molecular complexity index is 824. The Hall–Kier alpha value is -2.88. The average molecular weight is 313 g/mol. The lowest BCUT2D eigenvalue weighted by molar-refractivity contribution is -0.141. The molecular formula is C19H23NO3+6. The molecule has 0 aliphatic heterocycles. The minimum atomic E-state index is -0.945. The Morgan fingerprint density at radius 3 is 2.09 bits per heavy atom. The predicted octanol–water partition coefficient (Wildman–Crippen LogP) is 4.29. The van der Waals surface area contributed by atoms with Gasteiger partial charge >= 0.3 is 14.5 Å². The number of carbonyl (C=O) groups excluding carboxylic acids is 1. The van der Waals surface area contributed by atoms with Crippen LogP contribution in [0.15, 0.2) is 67.0 Å². The summed E-state index contributed by atoms with van der Waals surface area (Å²) in [5, 5.41) is 11.3. The van der Waals surface area contributed by atoms with Crippen LogP contribution in [0, 0.1) is 5.92 Å². The maximum atomic E-state index is 12.4. The number of carboxylic acid groups (broad SMARTS) is 1. The molecule has 1 N–H and O–H groups in total. The van der Waals surface area contributed by atoms with Crippen LogP contribution in [0.3, 0.4) is 0 Å². The summed E-state index contributed by atoms with van der Waals surface area (Å²) in [6.45, 7) is 0. The molecule has 3 aromatic rings. The zero-order valence-electron chi connectivity index (χ0n) is 18.6. The molecule has 23 heavy (non-hydrogen) atoms. The Morgan fingerprint density at radius 2 is 1.52 bits per heavy atom. The maximum absolute atomic E-state index is 12.4. The molecule has 2 aromatic carbocycles. The zero-order chi connectivity index (χ0) is 16.2. The number of carbonyl (C=O) groups is 2. The molecular weight excluding hydrogens is 290 g/mol. The summed E-state index contributed by atoms with van der Waals surface area (Å²) < 4.78 is 1.49. The monoisotopic (exact) mass is 313 g/mol. The first-order valence-corrected chi connectivity index (χ1v) is 7.50. The van der Waals surface area contributed by atoms with E-state index in [9.17, 15) is 14.7 Å². The third kappa shape index (κ3) is 3.48. The van der Waals surface area contributed by atoms with Crippen LogP contribution in [0.2, 0.25) is 0 Å². The normalized spacial score (nSPS) is 12.2. The van der Waals surface area contributed by atoms with Crippen LogP contribution >= 0.6 is 0 Å². The van der Waals surface area contributed by atoms with Gasteiger partial charge in [0.15, 0.2) is 0 Å². The number of hydrogen-bond acceptors (Lipinski definition) is 2. The third-order valence-corrected chi connectivity index (χ3v) is 3.94. The van der Waals surface area contributed by atoms with E-state index in [1.807, 2.05) is 54.6 Å². The van der Waals surface area contributed by atoms with Crippen molar-refractivity contribution in [2.45, 2.75) is 12.8 Å². The zero-order valence-corrected chi connectivity index (χ0v) is 12.6. The SMILES string of the molecule is O=C(O)[C@H](CC(=O)n1cc2ccccc2c1)Cc1ccccc1.[H+].[H+].[H+].[H+].[H+].[H+]. The van der Waals surface area contributed by atoms with Crippen LogP contribution in [0.4, 0.5) is 0 Å². The maximum Gasteiger partial charge on any atom is 1.00 e. The highest BCUT2D eigenvalue weighted by molar-refractivity contribution is 5.90. The molecule has 4 nitrogen and oxygen atoms in total. The van der Waals surface area contributed by atoms with Crippen molar-refractivity contribution in [1.82, 2.24) is 4.57 Å². The highest BCUT2D eigenvalue weighted by Gasteiger charge is 2.22. The highest BCUT2D eigenvalue weighted by Crippen LogP contribution is 2.18. The van der Waals surface area contributed by atoms with E-state index in [4.69, 9.17) is 0 Å². The van der Waals surface area contributed by atoms with Crippen molar-refractivity contribution in [2.24, 2.45) is 5.92 Å². The largest absolute Gasteiger partial charge is 1.00 e. The first-order chi connectivity index (χ1) is 11.1. The summed E-state index contributed by atoms with van der Waals surface area (Å²) in [6, 6.07) is 17.1. The molecule has 1 atom stereocenters. The summed E-state index contributed by atoms with van der Waals surface area (Å²) in [7, 11) is 0. The minimum Gasteiger partial charge on any atom is -0.481 e. The lowest BCUT2D eigenvalue weighted by atomic mass is 9.96. The summed E-state index contributed by atoms with van der Waals surface area (Å²) in [4.78, 5) is 23.9. The molecule has 0 spiro atoms. The quantitative estimate of drug-likeness (QED) is 0.764. The smallest absolute Gasteiger partial charge is 0.481 e. The van der Waals surface area contributed by atoms with Gasteiger partial charge in [0.1, 0.15) is 0 Å². The van der Waals surface area contributed by atoms with Crippen LogP contribution in [0.5, 0.6) is 0 Å². The number of nitrogens with zero attached hydrogens (tertiary/aromatic N) is 1. The van der Waals surface area contributed by atoms with Crippen molar-refractivity contribution in [3.63, 3.8) is 0 Å². The topological polar surface area (TPSA) is 59.3 Å². The molecule has 116 valence electrons. The van der Waals surface area contributed by atoms with Gasteiger partial charge in [-0.15, -0.1) is 0 Å². The number of carboxylic acids is 1. The van der Waals surface area contributed by atoms with Crippen LogP contribution in [-0.4, -0.2) is 21.6 Å². The Kier molecular flexibility index (Phi) is 4.24. The lowest BCUT2D eigenvalue weighted by Crippen LogP contribution is -2.22. The van der Waals surface area contributed by atoms with Gasteiger partial charge in [-0.1, -0.05) is 54.6 Å². The minimum absolute atomic E-state index is 0. The van der Waals surface area contributed by atoms with Gasteiger partial charge in [0.05, 0.1) is 5.92 Å². The second kappa shape index (κ2) is 6.48. The van der Waals surface area contributed by atoms with Gasteiger partial charge in [0.2, 0.25) is 5.91 Å². The van der Waals surface area contributed by atoms with Gasteiger partial charge < -0.3 is 5.11 Å². The van der Waals surface area contributed by atoms with Gasteiger partial charge in [0.25, 0.3) is 0 Å².